The average molecular weight is 657 g/mol. The van der Waals surface area contributed by atoms with Gasteiger partial charge in [-0.3, -0.25) is 4.79 Å². The van der Waals surface area contributed by atoms with Gasteiger partial charge in [-0.1, -0.05) is 60.7 Å². The Balaban J connectivity index is 1.57. The van der Waals surface area contributed by atoms with Gasteiger partial charge in [-0.05, 0) is 63.4 Å². The summed E-state index contributed by atoms with van der Waals surface area (Å²) in [5, 5.41) is 2.78. The van der Waals surface area contributed by atoms with Crippen molar-refractivity contribution >= 4 is 18.0 Å². The Morgan fingerprint density at radius 2 is 1.51 bits per heavy atom. The first kappa shape index (κ1) is 35.3. The number of ether oxygens (including phenoxy) is 4. The van der Waals surface area contributed by atoms with Gasteiger partial charge in [-0.15, -0.1) is 0 Å². The molecular weight excluding hydrogens is 617 g/mol. The highest BCUT2D eigenvalue weighted by Gasteiger charge is 2.64. The third-order valence-corrected chi connectivity index (χ3v) is 7.55. The van der Waals surface area contributed by atoms with E-state index in [-0.39, 0.29) is 31.5 Å². The fraction of sp³-hybridized carbons (Fsp3) is 0.400. The lowest BCUT2D eigenvalue weighted by atomic mass is 9.92. The van der Waals surface area contributed by atoms with Crippen LogP contribution in [0, 0.1) is 0 Å². The van der Waals surface area contributed by atoms with E-state index in [0.29, 0.717) is 12.4 Å². The molecule has 3 atom stereocenters. The number of hydrogen-bond donors (Lipinski definition) is 1. The van der Waals surface area contributed by atoms with Crippen LogP contribution in [0.2, 0.25) is 0 Å². The molecule has 0 saturated carbocycles. The van der Waals surface area contributed by atoms with Crippen LogP contribution in [0.25, 0.3) is 0 Å². The lowest BCUT2D eigenvalue weighted by Crippen LogP contribution is -2.56. The van der Waals surface area contributed by atoms with Gasteiger partial charge in [0.1, 0.15) is 24.1 Å². The van der Waals surface area contributed by atoms with Gasteiger partial charge in [-0.25, -0.2) is 9.59 Å². The second kappa shape index (κ2) is 14.9. The van der Waals surface area contributed by atoms with Gasteiger partial charge >= 0.3 is 18.2 Å². The monoisotopic (exact) mass is 656 g/mol. The minimum absolute atomic E-state index is 0.0503. The van der Waals surface area contributed by atoms with E-state index in [1.807, 2.05) is 30.3 Å². The van der Waals surface area contributed by atoms with E-state index < -0.39 is 53.1 Å². The highest BCUT2D eigenvalue weighted by molar-refractivity contribution is 5.94. The Labute approximate surface area is 271 Å². The van der Waals surface area contributed by atoms with Gasteiger partial charge in [0, 0.05) is 31.3 Å². The molecule has 0 bridgehead atoms. The first-order valence-corrected chi connectivity index (χ1v) is 15.2. The quantitative estimate of drug-likeness (QED) is 0.266. The number of methoxy groups -OCH3 is 1. The van der Waals surface area contributed by atoms with Crippen LogP contribution in [0.15, 0.2) is 84.9 Å². The van der Waals surface area contributed by atoms with Crippen molar-refractivity contribution in [1.29, 1.82) is 0 Å². The van der Waals surface area contributed by atoms with Crippen LogP contribution in [0.3, 0.4) is 0 Å². The van der Waals surface area contributed by atoms with Gasteiger partial charge < -0.3 is 29.2 Å². The molecule has 3 aromatic carbocycles. The average Bonchev–Trinajstić information content (AvgIpc) is 3.22. The summed E-state index contributed by atoms with van der Waals surface area (Å²) < 4.78 is 65.6. The highest BCUT2D eigenvalue weighted by atomic mass is 19.4. The molecule has 1 aliphatic heterocycles. The maximum Gasteiger partial charge on any atom is 0.432 e. The molecule has 252 valence electrons. The molecule has 0 radical (unpaired) electrons. The van der Waals surface area contributed by atoms with Crippen molar-refractivity contribution in [3.05, 3.63) is 102 Å². The number of nitrogens with zero attached hydrogens (tertiary/aromatic N) is 1. The summed E-state index contributed by atoms with van der Waals surface area (Å²) in [6, 6.07) is 21.2. The molecular formula is C35H39F3N2O7. The third-order valence-electron chi connectivity index (χ3n) is 7.55. The van der Waals surface area contributed by atoms with E-state index in [9.17, 15) is 27.6 Å². The number of carbonyl (C=O) groups is 3. The molecule has 1 heterocycles. The zero-order valence-corrected chi connectivity index (χ0v) is 26.7. The van der Waals surface area contributed by atoms with E-state index in [1.165, 1.54) is 35.2 Å². The second-order valence-corrected chi connectivity index (χ2v) is 12.1. The third kappa shape index (κ3) is 8.82. The molecule has 0 aliphatic carbocycles. The van der Waals surface area contributed by atoms with Crippen LogP contribution in [-0.4, -0.2) is 67.0 Å². The van der Waals surface area contributed by atoms with Crippen LogP contribution < -0.4 is 10.1 Å². The Hall–Kier alpha value is -4.58. The van der Waals surface area contributed by atoms with Crippen molar-refractivity contribution in [2.75, 3.05) is 20.2 Å². The summed E-state index contributed by atoms with van der Waals surface area (Å²) in [5.74, 6) is -1.76. The van der Waals surface area contributed by atoms with Crippen LogP contribution in [-0.2, 0) is 31.2 Å². The summed E-state index contributed by atoms with van der Waals surface area (Å²) in [6.07, 6.45) is -6.79. The summed E-state index contributed by atoms with van der Waals surface area (Å²) in [6.45, 7) is 5.40. The summed E-state index contributed by atoms with van der Waals surface area (Å²) in [7, 11) is 0.783. The molecule has 47 heavy (non-hydrogen) atoms. The predicted molar refractivity (Wildman–Crippen MR) is 167 cm³/mol. The van der Waals surface area contributed by atoms with E-state index >= 15 is 0 Å². The summed E-state index contributed by atoms with van der Waals surface area (Å²) in [5.41, 5.74) is -3.51. The normalized spacial score (nSPS) is 18.3. The molecule has 12 heteroatoms. The zero-order valence-electron chi connectivity index (χ0n) is 26.7. The van der Waals surface area contributed by atoms with Crippen LogP contribution in [0.1, 0.15) is 55.1 Å². The molecule has 2 amide bonds. The number of esters is 1. The number of amides is 2. The van der Waals surface area contributed by atoms with Crippen molar-refractivity contribution in [3.63, 3.8) is 0 Å². The van der Waals surface area contributed by atoms with E-state index in [1.54, 1.807) is 32.9 Å². The van der Waals surface area contributed by atoms with Crippen molar-refractivity contribution in [2.45, 2.75) is 69.7 Å². The zero-order chi connectivity index (χ0) is 34.2. The molecule has 4 rings (SSSR count). The summed E-state index contributed by atoms with van der Waals surface area (Å²) in [4.78, 5) is 41.3. The van der Waals surface area contributed by atoms with E-state index in [0.717, 1.165) is 24.8 Å². The summed E-state index contributed by atoms with van der Waals surface area (Å²) >= 11 is 0. The van der Waals surface area contributed by atoms with Gasteiger partial charge in [0.25, 0.3) is 11.5 Å². The topological polar surface area (TPSA) is 103 Å². The van der Waals surface area contributed by atoms with Crippen LogP contribution in [0.4, 0.5) is 18.0 Å². The maximum atomic E-state index is 14.6. The predicted octanol–water partition coefficient (Wildman–Crippen LogP) is 6.41. The van der Waals surface area contributed by atoms with Crippen molar-refractivity contribution in [1.82, 2.24) is 10.2 Å². The molecule has 0 spiro atoms. The van der Waals surface area contributed by atoms with Gasteiger partial charge in [-0.2, -0.15) is 13.2 Å². The molecule has 1 saturated heterocycles. The number of halogens is 3. The molecule has 1 N–H and O–H groups in total. The SMILES string of the molecule is CO[C@@](C(=O)O[C@H]1CCCN(C(=O)OC(C)(C)C)C[C@@H]1NC(=O)c1ccc(OCc2ccccc2)cc1)(c1ccccc1)C(F)(F)F. The van der Waals surface area contributed by atoms with Gasteiger partial charge in [0.05, 0.1) is 6.04 Å². The Morgan fingerprint density at radius 3 is 2.09 bits per heavy atom. The minimum Gasteiger partial charge on any atom is -0.489 e. The number of carbonyl (C=O) groups excluding carboxylic acids is 3. The molecule has 0 unspecified atom stereocenters. The number of benzene rings is 3. The lowest BCUT2D eigenvalue weighted by molar-refractivity contribution is -0.278. The molecule has 0 aromatic heterocycles. The Morgan fingerprint density at radius 1 is 0.894 bits per heavy atom. The van der Waals surface area contributed by atoms with E-state index in [2.05, 4.69) is 5.32 Å². The Bertz CT molecular complexity index is 1500. The molecule has 9 nitrogen and oxygen atoms in total. The lowest BCUT2D eigenvalue weighted by Gasteiger charge is -2.35. The molecule has 1 fully saturated rings. The fourth-order valence-electron chi connectivity index (χ4n) is 5.21. The van der Waals surface area contributed by atoms with Crippen molar-refractivity contribution < 1.29 is 46.5 Å². The van der Waals surface area contributed by atoms with Crippen molar-refractivity contribution in [2.24, 2.45) is 0 Å². The van der Waals surface area contributed by atoms with Crippen LogP contribution >= 0.6 is 0 Å². The first-order valence-electron chi connectivity index (χ1n) is 15.2. The molecule has 3 aromatic rings. The maximum absolute atomic E-state index is 14.6. The largest absolute Gasteiger partial charge is 0.489 e. The second-order valence-electron chi connectivity index (χ2n) is 12.1. The fourth-order valence-corrected chi connectivity index (χ4v) is 5.21. The number of hydrogen-bond acceptors (Lipinski definition) is 7. The standard InChI is InChI=1S/C35H39F3N2O7/c1-33(2,3)47-32(43)40-21-11-16-29(46-31(42)34(44-4,35(36,37)38)26-14-9-6-10-15-26)28(22-40)39-30(41)25-17-19-27(20-18-25)45-23-24-12-7-5-8-13-24/h5-10,12-15,17-20,28-29H,11,16,21-23H2,1-4H3,(H,39,41)/t28-,29-,34+/m0/s1. The first-order chi connectivity index (χ1) is 22.2. The van der Waals surface area contributed by atoms with Crippen LogP contribution in [0.5, 0.6) is 5.75 Å². The van der Waals surface area contributed by atoms with E-state index in [4.69, 9.17) is 18.9 Å². The number of rotatable bonds is 9. The highest BCUT2D eigenvalue weighted by Crippen LogP contribution is 2.43. The minimum atomic E-state index is -5.18. The van der Waals surface area contributed by atoms with Gasteiger partial charge in [0.2, 0.25) is 0 Å². The number of alkyl halides is 3. The molecule has 1 aliphatic rings. The number of likely N-dealkylation sites (tertiary alicyclic amines) is 1. The Kier molecular flexibility index (Phi) is 11.2. The van der Waals surface area contributed by atoms with Crippen molar-refractivity contribution in [3.8, 4) is 5.75 Å². The van der Waals surface area contributed by atoms with Gasteiger partial charge in [0.15, 0.2) is 0 Å². The smallest absolute Gasteiger partial charge is 0.432 e. The number of nitrogens with one attached hydrogen (secondary N) is 1.